The molecule has 0 aliphatic heterocycles. The molecule has 31 heavy (non-hydrogen) atoms. The minimum Gasteiger partial charge on any atom is -0.465 e. The van der Waals surface area contributed by atoms with Crippen LogP contribution in [0, 0.1) is 6.92 Å². The first-order valence-electron chi connectivity index (χ1n) is 9.62. The van der Waals surface area contributed by atoms with Crippen LogP contribution in [-0.4, -0.2) is 36.1 Å². The number of nitrogens with one attached hydrogen (secondary N) is 3. The first kappa shape index (κ1) is 23.2. The summed E-state index contributed by atoms with van der Waals surface area (Å²) < 4.78 is 33.9. The summed E-state index contributed by atoms with van der Waals surface area (Å²) in [7, 11) is -3.74. The number of aliphatic hydroxyl groups excluding tert-OH is 1. The smallest absolute Gasteiger partial charge is 0.241 e. The summed E-state index contributed by atoms with van der Waals surface area (Å²) in [5, 5.41) is 15.6. The molecule has 0 unspecified atom stereocenters. The minimum absolute atomic E-state index is 0.0276. The second-order valence-corrected chi connectivity index (χ2v) is 9.43. The fraction of sp³-hybridized carbons (Fsp3) is 0.300. The average Bonchev–Trinajstić information content (AvgIpc) is 3.18. The lowest BCUT2D eigenvalue weighted by Crippen LogP contribution is -2.23. The quantitative estimate of drug-likeness (QED) is 0.326. The highest BCUT2D eigenvalue weighted by molar-refractivity contribution is 9.10. The molecule has 0 aliphatic rings. The van der Waals surface area contributed by atoms with Gasteiger partial charge in [0.1, 0.15) is 17.3 Å². The molecule has 166 valence electrons. The predicted molar refractivity (Wildman–Crippen MR) is 122 cm³/mol. The van der Waals surface area contributed by atoms with Gasteiger partial charge in [-0.3, -0.25) is 0 Å². The van der Waals surface area contributed by atoms with Crippen molar-refractivity contribution < 1.29 is 17.9 Å². The second kappa shape index (κ2) is 10.2. The molecule has 0 amide bonds. The predicted octanol–water partition coefficient (Wildman–Crippen LogP) is 3.55. The van der Waals surface area contributed by atoms with E-state index in [4.69, 9.17) is 4.42 Å². The Kier molecular flexibility index (Phi) is 7.65. The van der Waals surface area contributed by atoms with Crippen molar-refractivity contribution in [2.24, 2.45) is 0 Å². The molecule has 2 heterocycles. The topological polar surface area (TPSA) is 129 Å². The Morgan fingerprint density at radius 1 is 1.26 bits per heavy atom. The number of hydrogen-bond donors (Lipinski definition) is 4. The first-order valence-corrected chi connectivity index (χ1v) is 11.9. The minimum atomic E-state index is -3.74. The second-order valence-electron chi connectivity index (χ2n) is 6.81. The van der Waals surface area contributed by atoms with Crippen molar-refractivity contribution in [2.75, 3.05) is 17.2 Å². The number of aliphatic hydroxyl groups is 1. The molecule has 4 N–H and O–H groups in total. The van der Waals surface area contributed by atoms with Gasteiger partial charge in [0.25, 0.3) is 0 Å². The van der Waals surface area contributed by atoms with Gasteiger partial charge in [-0.1, -0.05) is 13.0 Å². The summed E-state index contributed by atoms with van der Waals surface area (Å²) in [5.41, 5.74) is 0.513. The Labute approximate surface area is 189 Å². The van der Waals surface area contributed by atoms with Crippen molar-refractivity contribution in [3.05, 3.63) is 58.6 Å². The van der Waals surface area contributed by atoms with Gasteiger partial charge >= 0.3 is 0 Å². The summed E-state index contributed by atoms with van der Waals surface area (Å²) in [6.07, 6.45) is 2.30. The maximum Gasteiger partial charge on any atom is 0.241 e. The number of hydrogen-bond acceptors (Lipinski definition) is 8. The number of halogens is 1. The van der Waals surface area contributed by atoms with E-state index in [1.165, 1.54) is 12.1 Å². The van der Waals surface area contributed by atoms with E-state index in [9.17, 15) is 13.5 Å². The maximum atomic E-state index is 12.7. The number of sulfonamides is 1. The van der Waals surface area contributed by atoms with Crippen LogP contribution in [0.4, 0.5) is 17.5 Å². The van der Waals surface area contributed by atoms with Gasteiger partial charge in [0.05, 0.1) is 28.6 Å². The van der Waals surface area contributed by atoms with Crippen molar-refractivity contribution in [1.29, 1.82) is 0 Å². The van der Waals surface area contributed by atoms with Gasteiger partial charge in [0, 0.05) is 11.9 Å². The van der Waals surface area contributed by atoms with Crippen molar-refractivity contribution in [3.63, 3.8) is 0 Å². The van der Waals surface area contributed by atoms with Crippen LogP contribution < -0.4 is 15.4 Å². The molecule has 1 atom stereocenters. The first-order chi connectivity index (χ1) is 14.8. The largest absolute Gasteiger partial charge is 0.465 e. The summed E-state index contributed by atoms with van der Waals surface area (Å²) in [4.78, 5) is 8.72. The molecule has 3 rings (SSSR count). The summed E-state index contributed by atoms with van der Waals surface area (Å²) >= 11 is 3.39. The van der Waals surface area contributed by atoms with Crippen LogP contribution in [-0.2, 0) is 16.6 Å². The van der Waals surface area contributed by atoms with E-state index in [-0.39, 0.29) is 30.0 Å². The number of nitrogens with zero attached hydrogens (tertiary/aromatic N) is 2. The zero-order valence-corrected chi connectivity index (χ0v) is 19.5. The van der Waals surface area contributed by atoms with Gasteiger partial charge < -0.3 is 20.2 Å². The third-order valence-corrected chi connectivity index (χ3v) is 6.41. The lowest BCUT2D eigenvalue weighted by Gasteiger charge is -2.16. The summed E-state index contributed by atoms with van der Waals surface area (Å²) in [6, 6.07) is 9.71. The van der Waals surface area contributed by atoms with Crippen LogP contribution in [0.15, 0.2) is 56.4 Å². The van der Waals surface area contributed by atoms with E-state index in [1.807, 2.05) is 6.92 Å². The lowest BCUT2D eigenvalue weighted by molar-refractivity contribution is 0.271. The molecule has 11 heteroatoms. The molecule has 0 aliphatic carbocycles. The van der Waals surface area contributed by atoms with Crippen molar-refractivity contribution in [3.8, 4) is 0 Å². The van der Waals surface area contributed by atoms with Crippen LogP contribution in [0.2, 0.25) is 0 Å². The molecule has 0 saturated heterocycles. The lowest BCUT2D eigenvalue weighted by atomic mass is 10.2. The van der Waals surface area contributed by atoms with Crippen LogP contribution in [0.3, 0.4) is 0 Å². The summed E-state index contributed by atoms with van der Waals surface area (Å²) in [6.45, 7) is 3.78. The zero-order valence-electron chi connectivity index (χ0n) is 17.1. The molecule has 0 radical (unpaired) electrons. The van der Waals surface area contributed by atoms with Crippen molar-refractivity contribution >= 4 is 43.4 Å². The summed E-state index contributed by atoms with van der Waals surface area (Å²) in [5.74, 6) is 2.06. The van der Waals surface area contributed by atoms with Crippen LogP contribution in [0.1, 0.15) is 24.9 Å². The standard InChI is InChI=1S/C20H24BrN5O4S/c1-3-14(12-27)24-19-18(21)11-22-20(26-19)25-15-5-4-6-17(9-15)31(28,29)23-10-16-8-7-13(2)30-16/h4-9,11,14,23,27H,3,10,12H2,1-2H3,(H2,22,24,25,26)/t14-/m1/s1. The molecule has 9 nitrogen and oxygen atoms in total. The fourth-order valence-electron chi connectivity index (χ4n) is 2.70. The number of benzene rings is 1. The van der Waals surface area contributed by atoms with E-state index in [0.29, 0.717) is 27.5 Å². The van der Waals surface area contributed by atoms with Gasteiger partial charge in [-0.05, 0) is 59.6 Å². The number of rotatable bonds is 10. The molecule has 3 aromatic rings. The van der Waals surface area contributed by atoms with Gasteiger partial charge in [-0.25, -0.2) is 18.1 Å². The molecule has 0 fully saturated rings. The highest BCUT2D eigenvalue weighted by atomic mass is 79.9. The molecular formula is C20H24BrN5O4S. The number of furan rings is 1. The fourth-order valence-corrected chi connectivity index (χ4v) is 4.04. The van der Waals surface area contributed by atoms with Gasteiger partial charge in [0.15, 0.2) is 0 Å². The average molecular weight is 510 g/mol. The highest BCUT2D eigenvalue weighted by Crippen LogP contribution is 2.24. The molecule has 1 aromatic carbocycles. The molecule has 0 saturated carbocycles. The van der Waals surface area contributed by atoms with Gasteiger partial charge in [-0.2, -0.15) is 4.98 Å². The number of anilines is 3. The third-order valence-electron chi connectivity index (χ3n) is 4.43. The molecule has 2 aromatic heterocycles. The Hall–Kier alpha value is -2.47. The van der Waals surface area contributed by atoms with E-state index in [1.54, 1.807) is 37.4 Å². The van der Waals surface area contributed by atoms with E-state index in [0.717, 1.165) is 6.42 Å². The van der Waals surface area contributed by atoms with Gasteiger partial charge in [0.2, 0.25) is 16.0 Å². The van der Waals surface area contributed by atoms with Gasteiger partial charge in [-0.15, -0.1) is 0 Å². The monoisotopic (exact) mass is 509 g/mol. The SMILES string of the molecule is CC[C@H](CO)Nc1nc(Nc2cccc(S(=O)(=O)NCc3ccc(C)o3)c2)ncc1Br. The molecule has 0 spiro atoms. The Morgan fingerprint density at radius 3 is 2.74 bits per heavy atom. The van der Waals surface area contributed by atoms with Crippen LogP contribution in [0.5, 0.6) is 0 Å². The van der Waals surface area contributed by atoms with E-state index in [2.05, 4.69) is 41.3 Å². The van der Waals surface area contributed by atoms with E-state index >= 15 is 0 Å². The number of aromatic nitrogens is 2. The van der Waals surface area contributed by atoms with E-state index < -0.39 is 10.0 Å². The third kappa shape index (κ3) is 6.26. The molecular weight excluding hydrogens is 486 g/mol. The Balaban J connectivity index is 1.74. The van der Waals surface area contributed by atoms with Crippen molar-refractivity contribution in [2.45, 2.75) is 37.8 Å². The normalized spacial score (nSPS) is 12.5. The van der Waals surface area contributed by atoms with Crippen molar-refractivity contribution in [1.82, 2.24) is 14.7 Å². The Morgan fingerprint density at radius 2 is 2.06 bits per heavy atom. The van der Waals surface area contributed by atoms with Crippen LogP contribution >= 0.6 is 15.9 Å². The highest BCUT2D eigenvalue weighted by Gasteiger charge is 2.16. The zero-order chi connectivity index (χ0) is 22.4. The van der Waals surface area contributed by atoms with Crippen LogP contribution in [0.25, 0.3) is 0 Å². The Bertz CT molecular complexity index is 1130. The molecule has 0 bridgehead atoms. The number of aryl methyl sites for hydroxylation is 1. The maximum absolute atomic E-state index is 12.7.